The predicted molar refractivity (Wildman–Crippen MR) is 98.1 cm³/mol. The van der Waals surface area contributed by atoms with E-state index >= 15 is 0 Å². The zero-order valence-corrected chi connectivity index (χ0v) is 15.9. The molecule has 10 heteroatoms. The molecule has 0 aromatic heterocycles. The molecule has 8 nitrogen and oxygen atoms in total. The maximum Gasteiger partial charge on any atom is 0.313 e. The van der Waals surface area contributed by atoms with Crippen molar-refractivity contribution in [3.05, 3.63) is 0 Å². The van der Waals surface area contributed by atoms with Gasteiger partial charge in [0.2, 0.25) is 0 Å². The monoisotopic (exact) mass is 390 g/mol. The van der Waals surface area contributed by atoms with Crippen molar-refractivity contribution in [2.45, 2.75) is 39.5 Å². The first-order valence-electron chi connectivity index (χ1n) is 7.27. The molecule has 0 aromatic carbocycles. The van der Waals surface area contributed by atoms with Gasteiger partial charge in [0.25, 0.3) is 0 Å². The average Bonchev–Trinajstić information content (AvgIpc) is 2.56. The molecular formula is C14H30O8S2. The molecular weight excluding hydrogens is 360 g/mol. The summed E-state index contributed by atoms with van der Waals surface area (Å²) in [6.07, 6.45) is 3.71. The Morgan fingerprint density at radius 3 is 1.33 bits per heavy atom. The molecule has 0 spiro atoms. The highest BCUT2D eigenvalue weighted by molar-refractivity contribution is 7.81. The standard InChI is InChI=1S/C8H16O2.2C2H4O2S.C2H6O2/c1-3-5-6-7(4-2)8(9)10;2*3-2(4)1-5;3-1-2-4/h7H,3-6H2,1-2H3,(H,9,10);2*5H,1H2,(H,3,4);3-4H,1-2H2. The summed E-state index contributed by atoms with van der Waals surface area (Å²) in [4.78, 5) is 29.0. The van der Waals surface area contributed by atoms with Crippen LogP contribution in [0.4, 0.5) is 0 Å². The van der Waals surface area contributed by atoms with Crippen LogP contribution in [0.2, 0.25) is 0 Å². The van der Waals surface area contributed by atoms with Crippen molar-refractivity contribution in [3.63, 3.8) is 0 Å². The highest BCUT2D eigenvalue weighted by atomic mass is 32.1. The van der Waals surface area contributed by atoms with Crippen molar-refractivity contribution in [1.82, 2.24) is 0 Å². The lowest BCUT2D eigenvalue weighted by molar-refractivity contribution is -0.142. The number of aliphatic carboxylic acids is 3. The van der Waals surface area contributed by atoms with Gasteiger partial charge in [-0.1, -0.05) is 26.7 Å². The van der Waals surface area contributed by atoms with Crippen LogP contribution >= 0.6 is 25.3 Å². The molecule has 24 heavy (non-hydrogen) atoms. The molecule has 0 heterocycles. The Bertz CT molecular complexity index is 284. The van der Waals surface area contributed by atoms with Crippen molar-refractivity contribution < 1.29 is 39.9 Å². The van der Waals surface area contributed by atoms with Crippen molar-refractivity contribution >= 4 is 43.2 Å². The summed E-state index contributed by atoms with van der Waals surface area (Å²) in [7, 11) is 0. The minimum Gasteiger partial charge on any atom is -0.481 e. The van der Waals surface area contributed by atoms with Crippen LogP contribution in [0, 0.1) is 5.92 Å². The summed E-state index contributed by atoms with van der Waals surface area (Å²) in [5.74, 6) is -2.68. The first-order chi connectivity index (χ1) is 11.2. The molecule has 1 atom stereocenters. The maximum atomic E-state index is 10.4. The van der Waals surface area contributed by atoms with E-state index in [1.54, 1.807) is 0 Å². The van der Waals surface area contributed by atoms with Crippen LogP contribution in [0.3, 0.4) is 0 Å². The Hall–Kier alpha value is -0.970. The molecule has 0 aliphatic carbocycles. The minimum atomic E-state index is -0.881. The number of carboxylic acids is 3. The quantitative estimate of drug-likeness (QED) is 0.306. The van der Waals surface area contributed by atoms with Gasteiger partial charge in [-0.25, -0.2) is 0 Å². The minimum absolute atomic E-state index is 0.0833. The van der Waals surface area contributed by atoms with E-state index in [9.17, 15) is 14.4 Å². The normalized spacial score (nSPS) is 9.75. The SMILES string of the molecule is CCCCC(CC)C(=O)O.O=C(O)CS.O=C(O)CS.OCCO. The zero-order chi connectivity index (χ0) is 20.0. The molecule has 5 N–H and O–H groups in total. The topological polar surface area (TPSA) is 152 Å². The molecule has 0 saturated heterocycles. The molecule has 0 bridgehead atoms. The Labute approximate surface area is 153 Å². The molecule has 0 aromatic rings. The fraction of sp³-hybridized carbons (Fsp3) is 0.786. The summed E-state index contributed by atoms with van der Waals surface area (Å²) in [5.41, 5.74) is 0. The van der Waals surface area contributed by atoms with Crippen LogP contribution in [0.25, 0.3) is 0 Å². The third-order valence-electron chi connectivity index (χ3n) is 2.12. The van der Waals surface area contributed by atoms with Crippen LogP contribution in [0.1, 0.15) is 39.5 Å². The lowest BCUT2D eigenvalue weighted by atomic mass is 10.00. The van der Waals surface area contributed by atoms with E-state index in [-0.39, 0.29) is 30.6 Å². The van der Waals surface area contributed by atoms with E-state index in [1.807, 2.05) is 6.92 Å². The van der Waals surface area contributed by atoms with Crippen molar-refractivity contribution in [2.75, 3.05) is 24.7 Å². The smallest absolute Gasteiger partial charge is 0.313 e. The van der Waals surface area contributed by atoms with Crippen molar-refractivity contribution in [2.24, 2.45) is 5.92 Å². The zero-order valence-electron chi connectivity index (χ0n) is 14.1. The third kappa shape index (κ3) is 42.9. The lowest BCUT2D eigenvalue weighted by Gasteiger charge is -2.06. The first-order valence-corrected chi connectivity index (χ1v) is 8.54. The van der Waals surface area contributed by atoms with Gasteiger partial charge in [-0.05, 0) is 12.8 Å². The van der Waals surface area contributed by atoms with Gasteiger partial charge in [0, 0.05) is 0 Å². The molecule has 0 radical (unpaired) electrons. The second-order valence-corrected chi connectivity index (χ2v) is 4.77. The van der Waals surface area contributed by atoms with Gasteiger partial charge in [-0.15, -0.1) is 0 Å². The van der Waals surface area contributed by atoms with E-state index in [0.717, 1.165) is 25.7 Å². The van der Waals surface area contributed by atoms with Gasteiger partial charge in [-0.3, -0.25) is 14.4 Å². The molecule has 0 amide bonds. The highest BCUT2D eigenvalue weighted by Crippen LogP contribution is 2.11. The molecule has 0 aliphatic rings. The summed E-state index contributed by atoms with van der Waals surface area (Å²) >= 11 is 6.83. The van der Waals surface area contributed by atoms with Gasteiger partial charge in [-0.2, -0.15) is 25.3 Å². The number of carboxylic acid groups (broad SMARTS) is 3. The summed E-state index contributed by atoms with van der Waals surface area (Å²) in [6.45, 7) is 3.75. The molecule has 0 fully saturated rings. The maximum absolute atomic E-state index is 10.4. The van der Waals surface area contributed by atoms with Gasteiger partial charge in [0.1, 0.15) is 0 Å². The number of rotatable bonds is 8. The Morgan fingerprint density at radius 2 is 1.21 bits per heavy atom. The van der Waals surface area contributed by atoms with E-state index < -0.39 is 17.9 Å². The molecule has 146 valence electrons. The molecule has 0 saturated carbocycles. The van der Waals surface area contributed by atoms with Crippen LogP contribution in [-0.4, -0.2) is 68.2 Å². The Kier molecular flexibility index (Phi) is 34.6. The third-order valence-corrected chi connectivity index (χ3v) is 2.66. The second-order valence-electron chi connectivity index (χ2n) is 4.14. The number of carbonyl (C=O) groups is 3. The van der Waals surface area contributed by atoms with E-state index in [4.69, 9.17) is 25.5 Å². The number of aliphatic hydroxyl groups excluding tert-OH is 2. The number of hydrogen-bond donors (Lipinski definition) is 7. The van der Waals surface area contributed by atoms with Gasteiger partial charge < -0.3 is 25.5 Å². The van der Waals surface area contributed by atoms with Crippen LogP contribution < -0.4 is 0 Å². The predicted octanol–water partition coefficient (Wildman–Crippen LogP) is 1.26. The highest BCUT2D eigenvalue weighted by Gasteiger charge is 2.12. The van der Waals surface area contributed by atoms with Crippen LogP contribution in [0.5, 0.6) is 0 Å². The largest absolute Gasteiger partial charge is 0.481 e. The fourth-order valence-corrected chi connectivity index (χ4v) is 0.953. The Balaban J connectivity index is -0.000000121. The fourth-order valence-electron chi connectivity index (χ4n) is 0.953. The van der Waals surface area contributed by atoms with E-state index in [0.29, 0.717) is 0 Å². The van der Waals surface area contributed by atoms with Crippen LogP contribution in [-0.2, 0) is 14.4 Å². The number of aliphatic hydroxyl groups is 2. The van der Waals surface area contributed by atoms with Crippen molar-refractivity contribution in [1.29, 1.82) is 0 Å². The second kappa shape index (κ2) is 26.9. The molecule has 1 unspecified atom stereocenters. The number of hydrogen-bond acceptors (Lipinski definition) is 7. The Morgan fingerprint density at radius 1 is 0.875 bits per heavy atom. The van der Waals surface area contributed by atoms with Crippen molar-refractivity contribution in [3.8, 4) is 0 Å². The molecule has 0 rings (SSSR count). The van der Waals surface area contributed by atoms with Crippen LogP contribution in [0.15, 0.2) is 0 Å². The molecule has 0 aliphatic heterocycles. The summed E-state index contributed by atoms with van der Waals surface area (Å²) in [6, 6.07) is 0. The first kappa shape index (κ1) is 30.9. The van der Waals surface area contributed by atoms with Gasteiger partial charge in [0.05, 0.1) is 30.6 Å². The number of unbranched alkanes of at least 4 members (excludes halogenated alkanes) is 1. The summed E-state index contributed by atoms with van der Waals surface area (Å²) in [5, 5.41) is 39.1. The summed E-state index contributed by atoms with van der Waals surface area (Å²) < 4.78 is 0. The van der Waals surface area contributed by atoms with Gasteiger partial charge >= 0.3 is 17.9 Å². The van der Waals surface area contributed by atoms with Gasteiger partial charge in [0.15, 0.2) is 0 Å². The van der Waals surface area contributed by atoms with E-state index in [1.165, 1.54) is 0 Å². The lowest BCUT2D eigenvalue weighted by Crippen LogP contribution is -2.11. The average molecular weight is 391 g/mol. The number of thiol groups is 2. The van der Waals surface area contributed by atoms with E-state index in [2.05, 4.69) is 32.2 Å².